The van der Waals surface area contributed by atoms with Gasteiger partial charge in [-0.15, -0.1) is 6.58 Å². The Morgan fingerprint density at radius 1 is 1.47 bits per heavy atom. The van der Waals surface area contributed by atoms with Crippen molar-refractivity contribution in [3.05, 3.63) is 30.9 Å². The molecule has 19 heavy (non-hydrogen) atoms. The lowest BCUT2D eigenvalue weighted by atomic mass is 10.2. The first-order valence-electron chi connectivity index (χ1n) is 5.70. The van der Waals surface area contributed by atoms with Crippen molar-refractivity contribution in [2.45, 2.75) is 11.3 Å². The molecule has 2 N–H and O–H groups in total. The molecule has 0 bridgehead atoms. The van der Waals surface area contributed by atoms with Crippen LogP contribution in [0.25, 0.3) is 0 Å². The van der Waals surface area contributed by atoms with Crippen molar-refractivity contribution >= 4 is 21.6 Å². The molecule has 0 atom stereocenters. The summed E-state index contributed by atoms with van der Waals surface area (Å²) < 4.78 is 31.6. The highest BCUT2D eigenvalue weighted by atomic mass is 32.2. The average Bonchev–Trinajstić information content (AvgIpc) is 2.38. The van der Waals surface area contributed by atoms with Gasteiger partial charge in [-0.05, 0) is 24.6 Å². The van der Waals surface area contributed by atoms with Crippen LogP contribution >= 0.6 is 0 Å². The van der Waals surface area contributed by atoms with E-state index in [1.165, 1.54) is 18.2 Å². The fourth-order valence-electron chi connectivity index (χ4n) is 1.61. The number of anilines is 1. The van der Waals surface area contributed by atoms with E-state index in [4.69, 9.17) is 4.74 Å². The van der Waals surface area contributed by atoms with Gasteiger partial charge >= 0.3 is 0 Å². The summed E-state index contributed by atoms with van der Waals surface area (Å²) in [7, 11) is -3.59. The summed E-state index contributed by atoms with van der Waals surface area (Å²) in [5, 5.41) is 2.57. The number of rotatable bonds is 5. The molecule has 0 saturated heterocycles. The molecule has 0 saturated carbocycles. The van der Waals surface area contributed by atoms with Crippen LogP contribution in [0.15, 0.2) is 35.7 Å². The van der Waals surface area contributed by atoms with Crippen molar-refractivity contribution in [1.29, 1.82) is 0 Å². The lowest BCUT2D eigenvalue weighted by Gasteiger charge is -2.18. The Balaban J connectivity index is 2.23. The highest BCUT2D eigenvalue weighted by molar-refractivity contribution is 7.89. The maximum atomic E-state index is 12.0. The van der Waals surface area contributed by atoms with E-state index in [-0.39, 0.29) is 24.0 Å². The Morgan fingerprint density at radius 2 is 2.26 bits per heavy atom. The molecule has 1 aromatic carbocycles. The minimum atomic E-state index is -3.59. The van der Waals surface area contributed by atoms with Gasteiger partial charge in [0.25, 0.3) is 5.91 Å². The molecule has 1 heterocycles. The van der Waals surface area contributed by atoms with E-state index in [1.54, 1.807) is 6.08 Å². The largest absolute Gasteiger partial charge is 0.482 e. The van der Waals surface area contributed by atoms with Crippen molar-refractivity contribution in [2.75, 3.05) is 18.5 Å². The Kier molecular flexibility index (Phi) is 3.87. The molecular weight excluding hydrogens is 268 g/mol. The number of carbonyl (C=O) groups is 1. The number of benzene rings is 1. The van der Waals surface area contributed by atoms with E-state index >= 15 is 0 Å². The van der Waals surface area contributed by atoms with Crippen molar-refractivity contribution in [3.63, 3.8) is 0 Å². The number of fused-ring (bicyclic) bond motifs is 1. The first-order valence-corrected chi connectivity index (χ1v) is 7.18. The topological polar surface area (TPSA) is 84.5 Å². The second-order valence-electron chi connectivity index (χ2n) is 3.97. The lowest BCUT2D eigenvalue weighted by Crippen LogP contribution is -2.27. The molecular formula is C12H14N2O4S. The fraction of sp³-hybridized carbons (Fsp3) is 0.250. The number of carbonyl (C=O) groups excluding carboxylic acids is 1. The molecule has 0 spiro atoms. The Bertz CT molecular complexity index is 610. The van der Waals surface area contributed by atoms with Crippen molar-refractivity contribution < 1.29 is 17.9 Å². The minimum Gasteiger partial charge on any atom is -0.482 e. The number of hydrogen-bond acceptors (Lipinski definition) is 4. The monoisotopic (exact) mass is 282 g/mol. The predicted molar refractivity (Wildman–Crippen MR) is 70.6 cm³/mol. The van der Waals surface area contributed by atoms with Gasteiger partial charge in [-0.2, -0.15) is 0 Å². The van der Waals surface area contributed by atoms with Crippen molar-refractivity contribution in [3.8, 4) is 5.75 Å². The van der Waals surface area contributed by atoms with Gasteiger partial charge in [0.2, 0.25) is 10.0 Å². The smallest absolute Gasteiger partial charge is 0.262 e. The molecule has 1 amide bonds. The van der Waals surface area contributed by atoms with Crippen LogP contribution in [0.2, 0.25) is 0 Å². The van der Waals surface area contributed by atoms with Gasteiger partial charge in [-0.1, -0.05) is 6.08 Å². The predicted octanol–water partition coefficient (Wildman–Crippen LogP) is 0.872. The zero-order chi connectivity index (χ0) is 13.9. The second kappa shape index (κ2) is 5.41. The first-order chi connectivity index (χ1) is 9.03. The Hall–Kier alpha value is -1.86. The summed E-state index contributed by atoms with van der Waals surface area (Å²) in [6.45, 7) is 3.74. The highest BCUT2D eigenvalue weighted by Crippen LogP contribution is 2.29. The number of amides is 1. The molecule has 1 aliphatic heterocycles. The van der Waals surface area contributed by atoms with Crippen molar-refractivity contribution in [1.82, 2.24) is 4.72 Å². The summed E-state index contributed by atoms with van der Waals surface area (Å²) in [6, 6.07) is 4.34. The minimum absolute atomic E-state index is 0.0588. The summed E-state index contributed by atoms with van der Waals surface area (Å²) >= 11 is 0. The summed E-state index contributed by atoms with van der Waals surface area (Å²) in [6.07, 6.45) is 2.17. The zero-order valence-corrected chi connectivity index (χ0v) is 11.0. The van der Waals surface area contributed by atoms with Gasteiger partial charge in [0.15, 0.2) is 6.61 Å². The van der Waals surface area contributed by atoms with Crippen LogP contribution in [0, 0.1) is 0 Å². The maximum absolute atomic E-state index is 12.0. The molecule has 0 radical (unpaired) electrons. The van der Waals surface area contributed by atoms with Crippen LogP contribution in [0.1, 0.15) is 6.42 Å². The van der Waals surface area contributed by atoms with E-state index in [0.29, 0.717) is 17.9 Å². The van der Waals surface area contributed by atoms with Gasteiger partial charge in [0.1, 0.15) is 5.75 Å². The zero-order valence-electron chi connectivity index (χ0n) is 10.2. The molecule has 0 aliphatic carbocycles. The van der Waals surface area contributed by atoms with Crippen LogP contribution in [0.5, 0.6) is 5.75 Å². The van der Waals surface area contributed by atoms with Gasteiger partial charge in [0, 0.05) is 6.54 Å². The highest BCUT2D eigenvalue weighted by Gasteiger charge is 2.20. The van der Waals surface area contributed by atoms with E-state index in [2.05, 4.69) is 16.6 Å². The van der Waals surface area contributed by atoms with E-state index in [9.17, 15) is 13.2 Å². The summed E-state index contributed by atoms with van der Waals surface area (Å²) in [4.78, 5) is 11.3. The van der Waals surface area contributed by atoms with Gasteiger partial charge in [0.05, 0.1) is 10.6 Å². The molecule has 7 heteroatoms. The third-order valence-corrected chi connectivity index (χ3v) is 3.99. The number of nitrogens with one attached hydrogen (secondary N) is 2. The van der Waals surface area contributed by atoms with E-state index in [0.717, 1.165) is 0 Å². The van der Waals surface area contributed by atoms with Crippen LogP contribution in [-0.2, 0) is 14.8 Å². The van der Waals surface area contributed by atoms with Crippen LogP contribution in [0.3, 0.4) is 0 Å². The van der Waals surface area contributed by atoms with Crippen LogP contribution in [-0.4, -0.2) is 27.5 Å². The van der Waals surface area contributed by atoms with E-state index in [1.807, 2.05) is 0 Å². The van der Waals surface area contributed by atoms with E-state index < -0.39 is 10.0 Å². The van der Waals surface area contributed by atoms with Gasteiger partial charge in [-0.25, -0.2) is 13.1 Å². The SMILES string of the molecule is C=CCCNS(=O)(=O)c1ccc2c(c1)NC(=O)CO2. The molecule has 0 unspecified atom stereocenters. The first kappa shape index (κ1) is 13.6. The molecule has 102 valence electrons. The van der Waals surface area contributed by atoms with Crippen molar-refractivity contribution in [2.24, 2.45) is 0 Å². The molecule has 1 aliphatic rings. The Morgan fingerprint density at radius 3 is 3.00 bits per heavy atom. The Labute approximate surface area is 111 Å². The van der Waals surface area contributed by atoms with Gasteiger partial charge < -0.3 is 10.1 Å². The van der Waals surface area contributed by atoms with Crippen LogP contribution in [0.4, 0.5) is 5.69 Å². The molecule has 6 nitrogen and oxygen atoms in total. The molecule has 0 aromatic heterocycles. The van der Waals surface area contributed by atoms with Gasteiger partial charge in [-0.3, -0.25) is 4.79 Å². The number of sulfonamides is 1. The third kappa shape index (κ3) is 3.12. The molecule has 0 fully saturated rings. The average molecular weight is 282 g/mol. The van der Waals surface area contributed by atoms with Crippen LogP contribution < -0.4 is 14.8 Å². The summed E-state index contributed by atoms with van der Waals surface area (Å²) in [5.41, 5.74) is 0.364. The normalized spacial score (nSPS) is 14.2. The maximum Gasteiger partial charge on any atom is 0.262 e. The quantitative estimate of drug-likeness (QED) is 0.620. The number of hydrogen-bond donors (Lipinski definition) is 2. The summed E-state index contributed by atoms with van der Waals surface area (Å²) in [5.74, 6) is 0.159. The number of ether oxygens (including phenoxy) is 1. The molecule has 1 aromatic rings. The third-order valence-electron chi connectivity index (χ3n) is 2.53. The standard InChI is InChI=1S/C12H14N2O4S/c1-2-3-6-13-19(16,17)9-4-5-11-10(7-9)14-12(15)8-18-11/h2,4-5,7,13H,1,3,6,8H2,(H,14,15). The second-order valence-corrected chi connectivity index (χ2v) is 5.74. The lowest BCUT2D eigenvalue weighted by molar-refractivity contribution is -0.118. The molecule has 2 rings (SSSR count). The fourth-order valence-corrected chi connectivity index (χ4v) is 2.68.